The molecule has 3 aromatic carbocycles. The quantitative estimate of drug-likeness (QED) is 0.229. The largest absolute Gasteiger partial charge is 0.490 e. The smallest absolute Gasteiger partial charge is 0.327 e. The molecule has 0 bridgehead atoms. The van der Waals surface area contributed by atoms with Gasteiger partial charge in [0, 0.05) is 5.56 Å². The zero-order valence-corrected chi connectivity index (χ0v) is 22.6. The maximum atomic E-state index is 12.4. The highest BCUT2D eigenvalue weighted by Gasteiger charge is 2.27. The van der Waals surface area contributed by atoms with E-state index in [0.717, 1.165) is 16.7 Å². The van der Waals surface area contributed by atoms with Crippen LogP contribution in [0.2, 0.25) is 0 Å². The number of nitrogens with two attached hydrogens (primary N) is 1. The van der Waals surface area contributed by atoms with Crippen LogP contribution in [-0.4, -0.2) is 25.2 Å². The van der Waals surface area contributed by atoms with Crippen LogP contribution in [-0.2, 0) is 32.3 Å². The van der Waals surface area contributed by atoms with E-state index in [0.29, 0.717) is 36.7 Å². The van der Waals surface area contributed by atoms with Crippen LogP contribution in [0.3, 0.4) is 0 Å². The van der Waals surface area contributed by atoms with E-state index in [9.17, 15) is 9.59 Å². The van der Waals surface area contributed by atoms with E-state index in [1.165, 1.54) is 0 Å². The first kappa shape index (κ1) is 28.7. The highest BCUT2D eigenvalue weighted by molar-refractivity contribution is 5.77. The zero-order chi connectivity index (χ0) is 27.5. The first-order valence-corrected chi connectivity index (χ1v) is 12.8. The Morgan fingerprint density at radius 2 is 1.53 bits per heavy atom. The second-order valence-electron chi connectivity index (χ2n) is 9.71. The molecular formula is C31H37NO6. The summed E-state index contributed by atoms with van der Waals surface area (Å²) >= 11 is 0. The molecular weight excluding hydrogens is 482 g/mol. The summed E-state index contributed by atoms with van der Waals surface area (Å²) in [6.07, 6.45) is 0.700. The molecule has 0 amide bonds. The number of ether oxygens (including phenoxy) is 4. The fraction of sp³-hybridized carbons (Fsp3) is 0.355. The fourth-order valence-electron chi connectivity index (χ4n) is 3.55. The fourth-order valence-corrected chi connectivity index (χ4v) is 3.55. The van der Waals surface area contributed by atoms with Gasteiger partial charge in [-0.05, 0) is 56.0 Å². The third kappa shape index (κ3) is 8.08. The van der Waals surface area contributed by atoms with Crippen LogP contribution in [0.25, 0.3) is 0 Å². The third-order valence-corrected chi connectivity index (χ3v) is 6.40. The molecule has 0 spiro atoms. The maximum Gasteiger partial charge on any atom is 0.327 e. The lowest BCUT2D eigenvalue weighted by atomic mass is 9.91. The Morgan fingerprint density at radius 1 is 0.842 bits per heavy atom. The molecule has 0 fully saturated rings. The van der Waals surface area contributed by atoms with Crippen molar-refractivity contribution in [2.24, 2.45) is 11.1 Å². The van der Waals surface area contributed by atoms with Gasteiger partial charge in [0.25, 0.3) is 0 Å². The molecule has 1 atom stereocenters. The molecule has 0 unspecified atom stereocenters. The summed E-state index contributed by atoms with van der Waals surface area (Å²) in [5, 5.41) is 0. The number of para-hydroxylation sites is 1. The monoisotopic (exact) mass is 519 g/mol. The van der Waals surface area contributed by atoms with Crippen molar-refractivity contribution in [2.75, 3.05) is 13.2 Å². The number of esters is 2. The van der Waals surface area contributed by atoms with Crippen molar-refractivity contribution < 1.29 is 28.5 Å². The lowest BCUT2D eigenvalue weighted by molar-refractivity contribution is -0.155. The maximum absolute atomic E-state index is 12.4. The summed E-state index contributed by atoms with van der Waals surface area (Å²) in [5.74, 6) is 0.591. The van der Waals surface area contributed by atoms with Crippen molar-refractivity contribution in [3.8, 4) is 11.5 Å². The molecule has 3 aromatic rings. The minimum atomic E-state index is -0.882. The highest BCUT2D eigenvalue weighted by atomic mass is 16.5. The average Bonchev–Trinajstić information content (AvgIpc) is 2.94. The zero-order valence-electron chi connectivity index (χ0n) is 22.6. The van der Waals surface area contributed by atoms with E-state index in [4.69, 9.17) is 24.7 Å². The Balaban J connectivity index is 1.47. The topological polar surface area (TPSA) is 97.1 Å². The van der Waals surface area contributed by atoms with Gasteiger partial charge in [-0.15, -0.1) is 0 Å². The number of rotatable bonds is 13. The Bertz CT molecular complexity index is 1190. The predicted molar refractivity (Wildman–Crippen MR) is 146 cm³/mol. The van der Waals surface area contributed by atoms with Crippen molar-refractivity contribution in [1.29, 1.82) is 0 Å². The van der Waals surface area contributed by atoms with Gasteiger partial charge in [-0.2, -0.15) is 0 Å². The number of aryl methyl sites for hydroxylation is 1. The van der Waals surface area contributed by atoms with Crippen LogP contribution in [0.4, 0.5) is 0 Å². The van der Waals surface area contributed by atoms with Crippen LogP contribution >= 0.6 is 0 Å². The van der Waals surface area contributed by atoms with Gasteiger partial charge in [-0.1, -0.05) is 67.6 Å². The van der Waals surface area contributed by atoms with Gasteiger partial charge in [0.2, 0.25) is 0 Å². The van der Waals surface area contributed by atoms with E-state index < -0.39 is 17.4 Å². The molecule has 0 aliphatic heterocycles. The Labute approximate surface area is 224 Å². The van der Waals surface area contributed by atoms with Crippen LogP contribution in [0.15, 0.2) is 72.8 Å². The van der Waals surface area contributed by atoms with E-state index in [-0.39, 0.29) is 19.2 Å². The second-order valence-corrected chi connectivity index (χ2v) is 9.71. The summed E-state index contributed by atoms with van der Waals surface area (Å²) in [4.78, 5) is 24.7. The third-order valence-electron chi connectivity index (χ3n) is 6.40. The number of carbonyl (C=O) groups excluding carboxylic acids is 2. The number of hydrogen-bond donors (Lipinski definition) is 1. The molecule has 0 aromatic heterocycles. The summed E-state index contributed by atoms with van der Waals surface area (Å²) in [7, 11) is 0. The second kappa shape index (κ2) is 13.6. The minimum absolute atomic E-state index is 0.148. The van der Waals surface area contributed by atoms with Crippen LogP contribution < -0.4 is 15.2 Å². The Hall–Kier alpha value is -3.84. The lowest BCUT2D eigenvalue weighted by Gasteiger charge is -2.21. The molecule has 7 nitrogen and oxygen atoms in total. The van der Waals surface area contributed by atoms with Gasteiger partial charge in [0.1, 0.15) is 44.0 Å². The van der Waals surface area contributed by atoms with Crippen molar-refractivity contribution >= 4 is 11.9 Å². The van der Waals surface area contributed by atoms with Gasteiger partial charge >= 0.3 is 11.9 Å². The van der Waals surface area contributed by atoms with Crippen LogP contribution in [0.1, 0.15) is 55.5 Å². The Morgan fingerprint density at radius 3 is 2.21 bits per heavy atom. The molecule has 0 aliphatic carbocycles. The van der Waals surface area contributed by atoms with Gasteiger partial charge in [0.15, 0.2) is 0 Å². The average molecular weight is 520 g/mol. The van der Waals surface area contributed by atoms with Crippen molar-refractivity contribution in [2.45, 2.75) is 53.4 Å². The summed E-state index contributed by atoms with van der Waals surface area (Å²) < 4.78 is 22.7. The molecule has 2 N–H and O–H groups in total. The number of hydrogen-bond acceptors (Lipinski definition) is 7. The van der Waals surface area contributed by atoms with E-state index in [2.05, 4.69) is 0 Å². The van der Waals surface area contributed by atoms with E-state index >= 15 is 0 Å². The van der Waals surface area contributed by atoms with Crippen LogP contribution in [0, 0.1) is 12.3 Å². The van der Waals surface area contributed by atoms with Gasteiger partial charge in [-0.3, -0.25) is 4.79 Å². The summed E-state index contributed by atoms with van der Waals surface area (Å²) in [6, 6.07) is 21.3. The molecule has 0 heterocycles. The molecule has 3 rings (SSSR count). The van der Waals surface area contributed by atoms with Gasteiger partial charge < -0.3 is 24.7 Å². The highest BCUT2D eigenvalue weighted by Crippen LogP contribution is 2.27. The molecule has 38 heavy (non-hydrogen) atoms. The summed E-state index contributed by atoms with van der Waals surface area (Å²) in [5.41, 5.74) is 8.84. The molecule has 0 saturated carbocycles. The van der Waals surface area contributed by atoms with E-state index in [1.54, 1.807) is 24.3 Å². The summed E-state index contributed by atoms with van der Waals surface area (Å²) in [6.45, 7) is 8.60. The van der Waals surface area contributed by atoms with Crippen LogP contribution in [0.5, 0.6) is 11.5 Å². The predicted octanol–water partition coefficient (Wildman–Crippen LogP) is 5.68. The van der Waals surface area contributed by atoms with Gasteiger partial charge in [-0.25, -0.2) is 4.79 Å². The molecule has 0 aliphatic rings. The van der Waals surface area contributed by atoms with Gasteiger partial charge in [0.05, 0.1) is 5.41 Å². The standard InChI is InChI=1S/C31H37NO6/c1-5-31(3,4)30(34)38-21-25-13-9-10-22(2)28(25)36-19-18-35-26-16-14-24(15-17-26)27(32)29(33)37-20-23-11-7-6-8-12-23/h6-17,27H,5,18-21,32H2,1-4H3/t27-/m0/s1. The SMILES string of the molecule is CCC(C)(C)C(=O)OCc1cccc(C)c1OCCOc1ccc([C@H](N)C(=O)OCc2ccccc2)cc1. The number of carbonyl (C=O) groups is 2. The first-order valence-electron chi connectivity index (χ1n) is 12.8. The minimum Gasteiger partial charge on any atom is -0.490 e. The molecule has 0 saturated heterocycles. The molecule has 202 valence electrons. The Kier molecular flexibility index (Phi) is 10.3. The van der Waals surface area contributed by atoms with E-state index in [1.807, 2.05) is 76.2 Å². The van der Waals surface area contributed by atoms with Crippen molar-refractivity contribution in [3.05, 3.63) is 95.1 Å². The lowest BCUT2D eigenvalue weighted by Crippen LogP contribution is -2.25. The van der Waals surface area contributed by atoms with Crippen molar-refractivity contribution in [1.82, 2.24) is 0 Å². The van der Waals surface area contributed by atoms with Crippen molar-refractivity contribution in [3.63, 3.8) is 0 Å². The number of benzene rings is 3. The molecule has 0 radical (unpaired) electrons. The normalized spacial score (nSPS) is 11.9. The first-order chi connectivity index (χ1) is 18.2. The molecule has 7 heteroatoms.